The molecule has 0 spiro atoms. The molecule has 2 nitrogen and oxygen atoms in total. The highest BCUT2D eigenvalue weighted by Crippen LogP contribution is 2.13. The van der Waals surface area contributed by atoms with Crippen molar-refractivity contribution in [3.8, 4) is 0 Å². The van der Waals surface area contributed by atoms with E-state index in [4.69, 9.17) is 5.73 Å². The Balaban J connectivity index is 2.61. The number of hydrogen-bond donors (Lipinski definition) is 1. The largest absolute Gasteiger partial charge is 0.324 e. The van der Waals surface area contributed by atoms with Crippen LogP contribution in [-0.2, 0) is 0 Å². The zero-order valence-corrected chi connectivity index (χ0v) is 6.83. The molecule has 0 amide bonds. The van der Waals surface area contributed by atoms with Gasteiger partial charge in [-0.2, -0.15) is 0 Å². The second-order valence-corrected chi connectivity index (χ2v) is 2.68. The third-order valence-corrected chi connectivity index (χ3v) is 1.73. The molecule has 60 valence electrons. The molecule has 1 heterocycles. The van der Waals surface area contributed by atoms with E-state index in [0.29, 0.717) is 0 Å². The number of rotatable bonds is 3. The molecule has 1 atom stereocenters. The van der Waals surface area contributed by atoms with Crippen LogP contribution >= 0.6 is 0 Å². The van der Waals surface area contributed by atoms with E-state index in [9.17, 15) is 0 Å². The molecule has 1 aromatic heterocycles. The Kier molecular flexibility index (Phi) is 3.05. The lowest BCUT2D eigenvalue weighted by molar-refractivity contribution is 0.637. The van der Waals surface area contributed by atoms with Crippen molar-refractivity contribution in [3.05, 3.63) is 30.1 Å². The van der Waals surface area contributed by atoms with Crippen molar-refractivity contribution in [2.75, 3.05) is 0 Å². The first-order valence-electron chi connectivity index (χ1n) is 4.00. The molecule has 0 aliphatic heterocycles. The van der Waals surface area contributed by atoms with Crippen LogP contribution in [0.15, 0.2) is 24.5 Å². The minimum Gasteiger partial charge on any atom is -0.324 e. The summed E-state index contributed by atoms with van der Waals surface area (Å²) in [7, 11) is 0. The number of aromatic nitrogens is 1. The zero-order valence-electron chi connectivity index (χ0n) is 6.83. The van der Waals surface area contributed by atoms with Gasteiger partial charge in [-0.15, -0.1) is 0 Å². The van der Waals surface area contributed by atoms with Crippen LogP contribution < -0.4 is 5.73 Å². The van der Waals surface area contributed by atoms with Crippen molar-refractivity contribution < 1.29 is 0 Å². The highest BCUT2D eigenvalue weighted by atomic mass is 14.6. The second-order valence-electron chi connectivity index (χ2n) is 2.68. The van der Waals surface area contributed by atoms with Gasteiger partial charge in [0, 0.05) is 18.4 Å². The predicted octanol–water partition coefficient (Wildman–Crippen LogP) is 1.88. The standard InChI is InChI=1S/C9H14N2/c1-2-3-9(10)8-4-6-11-7-5-8/h4-7,9H,2-3,10H2,1H3/t9-/m0/s1. The van der Waals surface area contributed by atoms with E-state index in [1.165, 1.54) is 5.56 Å². The van der Waals surface area contributed by atoms with E-state index in [0.717, 1.165) is 12.8 Å². The first-order chi connectivity index (χ1) is 5.34. The van der Waals surface area contributed by atoms with Crippen LogP contribution in [0.1, 0.15) is 31.4 Å². The molecule has 1 rings (SSSR count). The van der Waals surface area contributed by atoms with Gasteiger partial charge in [0.05, 0.1) is 0 Å². The van der Waals surface area contributed by atoms with Gasteiger partial charge in [-0.3, -0.25) is 4.98 Å². The molecule has 0 saturated carbocycles. The Labute approximate surface area is 67.5 Å². The normalized spacial score (nSPS) is 12.9. The minimum absolute atomic E-state index is 0.183. The molecule has 2 N–H and O–H groups in total. The summed E-state index contributed by atoms with van der Waals surface area (Å²) in [5, 5.41) is 0. The summed E-state index contributed by atoms with van der Waals surface area (Å²) >= 11 is 0. The molecular formula is C9H14N2. The summed E-state index contributed by atoms with van der Waals surface area (Å²) in [6.07, 6.45) is 5.74. The smallest absolute Gasteiger partial charge is 0.0295 e. The maximum Gasteiger partial charge on any atom is 0.0295 e. The highest BCUT2D eigenvalue weighted by molar-refractivity contribution is 5.13. The van der Waals surface area contributed by atoms with E-state index in [2.05, 4.69) is 11.9 Å². The van der Waals surface area contributed by atoms with Crippen molar-refractivity contribution >= 4 is 0 Å². The first kappa shape index (κ1) is 8.21. The maximum absolute atomic E-state index is 5.88. The van der Waals surface area contributed by atoms with Crippen LogP contribution in [0, 0.1) is 0 Å². The Morgan fingerprint density at radius 2 is 2.09 bits per heavy atom. The molecular weight excluding hydrogens is 136 g/mol. The summed E-state index contributed by atoms with van der Waals surface area (Å²) in [6.45, 7) is 2.14. The van der Waals surface area contributed by atoms with E-state index >= 15 is 0 Å². The van der Waals surface area contributed by atoms with Gasteiger partial charge in [0.1, 0.15) is 0 Å². The number of nitrogens with two attached hydrogens (primary N) is 1. The summed E-state index contributed by atoms with van der Waals surface area (Å²) < 4.78 is 0. The van der Waals surface area contributed by atoms with Gasteiger partial charge in [-0.05, 0) is 24.1 Å². The summed E-state index contributed by atoms with van der Waals surface area (Å²) in [5.41, 5.74) is 7.06. The van der Waals surface area contributed by atoms with Crippen molar-refractivity contribution in [1.82, 2.24) is 4.98 Å². The summed E-state index contributed by atoms with van der Waals surface area (Å²) in [4.78, 5) is 3.93. The third-order valence-electron chi connectivity index (χ3n) is 1.73. The Morgan fingerprint density at radius 3 is 2.64 bits per heavy atom. The quantitative estimate of drug-likeness (QED) is 0.714. The van der Waals surface area contributed by atoms with Crippen LogP contribution in [0.25, 0.3) is 0 Å². The van der Waals surface area contributed by atoms with Crippen molar-refractivity contribution in [2.24, 2.45) is 5.73 Å². The van der Waals surface area contributed by atoms with Gasteiger partial charge in [-0.25, -0.2) is 0 Å². The fraction of sp³-hybridized carbons (Fsp3) is 0.444. The second kappa shape index (κ2) is 4.09. The molecule has 0 saturated heterocycles. The number of nitrogens with zero attached hydrogens (tertiary/aromatic N) is 1. The van der Waals surface area contributed by atoms with Gasteiger partial charge in [0.15, 0.2) is 0 Å². The fourth-order valence-electron chi connectivity index (χ4n) is 1.09. The molecule has 0 bridgehead atoms. The molecule has 0 aromatic carbocycles. The Morgan fingerprint density at radius 1 is 1.45 bits per heavy atom. The molecule has 0 fully saturated rings. The van der Waals surface area contributed by atoms with Crippen LogP contribution in [0.4, 0.5) is 0 Å². The first-order valence-corrected chi connectivity index (χ1v) is 4.00. The number of pyridine rings is 1. The predicted molar refractivity (Wildman–Crippen MR) is 46.1 cm³/mol. The molecule has 2 heteroatoms. The van der Waals surface area contributed by atoms with Crippen molar-refractivity contribution in [3.63, 3.8) is 0 Å². The summed E-state index contributed by atoms with van der Waals surface area (Å²) in [5.74, 6) is 0. The third kappa shape index (κ3) is 2.31. The minimum atomic E-state index is 0.183. The van der Waals surface area contributed by atoms with Crippen LogP contribution in [-0.4, -0.2) is 4.98 Å². The van der Waals surface area contributed by atoms with Crippen LogP contribution in [0.3, 0.4) is 0 Å². The molecule has 0 aliphatic carbocycles. The highest BCUT2D eigenvalue weighted by Gasteiger charge is 2.01. The van der Waals surface area contributed by atoms with Gasteiger partial charge < -0.3 is 5.73 Å². The molecule has 0 radical (unpaired) electrons. The van der Waals surface area contributed by atoms with E-state index in [1.54, 1.807) is 12.4 Å². The molecule has 1 aromatic rings. The van der Waals surface area contributed by atoms with Crippen LogP contribution in [0.5, 0.6) is 0 Å². The van der Waals surface area contributed by atoms with Crippen molar-refractivity contribution in [1.29, 1.82) is 0 Å². The maximum atomic E-state index is 5.88. The lowest BCUT2D eigenvalue weighted by Gasteiger charge is -2.08. The molecule has 11 heavy (non-hydrogen) atoms. The van der Waals surface area contributed by atoms with E-state index in [1.807, 2.05) is 12.1 Å². The lowest BCUT2D eigenvalue weighted by atomic mass is 10.1. The average molecular weight is 150 g/mol. The van der Waals surface area contributed by atoms with Gasteiger partial charge in [-0.1, -0.05) is 13.3 Å². The zero-order chi connectivity index (χ0) is 8.10. The fourth-order valence-corrected chi connectivity index (χ4v) is 1.09. The SMILES string of the molecule is CCC[C@H](N)c1ccncc1. The Hall–Kier alpha value is -0.890. The van der Waals surface area contributed by atoms with Gasteiger partial charge in [0.2, 0.25) is 0 Å². The molecule has 0 unspecified atom stereocenters. The summed E-state index contributed by atoms with van der Waals surface area (Å²) in [6, 6.07) is 4.13. The topological polar surface area (TPSA) is 38.9 Å². The monoisotopic (exact) mass is 150 g/mol. The lowest BCUT2D eigenvalue weighted by Crippen LogP contribution is -2.09. The molecule has 0 aliphatic rings. The van der Waals surface area contributed by atoms with Crippen molar-refractivity contribution in [2.45, 2.75) is 25.8 Å². The van der Waals surface area contributed by atoms with Gasteiger partial charge in [0.25, 0.3) is 0 Å². The van der Waals surface area contributed by atoms with Crippen LogP contribution in [0.2, 0.25) is 0 Å². The Bertz CT molecular complexity index is 196. The van der Waals surface area contributed by atoms with E-state index in [-0.39, 0.29) is 6.04 Å². The van der Waals surface area contributed by atoms with E-state index < -0.39 is 0 Å². The number of hydrogen-bond acceptors (Lipinski definition) is 2. The van der Waals surface area contributed by atoms with Gasteiger partial charge >= 0.3 is 0 Å². The average Bonchev–Trinajstić information content (AvgIpc) is 2.07.